The molecule has 0 aliphatic carbocycles. The van der Waals surface area contributed by atoms with Crippen LogP contribution in [0.2, 0.25) is 0 Å². The molecule has 0 spiro atoms. The van der Waals surface area contributed by atoms with Gasteiger partial charge in [0.2, 0.25) is 0 Å². The predicted octanol–water partition coefficient (Wildman–Crippen LogP) is 2.41. The van der Waals surface area contributed by atoms with E-state index >= 15 is 0 Å². The van der Waals surface area contributed by atoms with Crippen molar-refractivity contribution >= 4 is 22.4 Å². The number of amides is 1. The number of nitrogens with one attached hydrogen (secondary N) is 1. The Morgan fingerprint density at radius 1 is 1.54 bits per heavy atom. The minimum absolute atomic E-state index is 0.253. The minimum Gasteiger partial charge on any atom is -0.481 e. The van der Waals surface area contributed by atoms with Crippen LogP contribution < -0.4 is 10.1 Å². The van der Waals surface area contributed by atoms with Gasteiger partial charge in [-0.15, -0.1) is 11.3 Å². The van der Waals surface area contributed by atoms with E-state index in [9.17, 15) is 4.79 Å². The fourth-order valence-corrected chi connectivity index (χ4v) is 3.57. The van der Waals surface area contributed by atoms with Gasteiger partial charge < -0.3 is 9.64 Å². The molecule has 1 amide bonds. The van der Waals surface area contributed by atoms with Crippen molar-refractivity contribution in [1.82, 2.24) is 9.88 Å². The molecule has 0 bridgehead atoms. The maximum absolute atomic E-state index is 12.3. The maximum Gasteiger partial charge on any atom is 0.266 e. The summed E-state index contributed by atoms with van der Waals surface area (Å²) in [6, 6.07) is 8.80. The largest absolute Gasteiger partial charge is 0.481 e. The fraction of sp³-hybridized carbons (Fsp3) is 0.353. The predicted molar refractivity (Wildman–Crippen MR) is 92.0 cm³/mol. The van der Waals surface area contributed by atoms with Gasteiger partial charge in [-0.3, -0.25) is 10.1 Å². The number of likely N-dealkylation sites (N-methyl/N-ethyl adjacent to an activating group) is 1. The number of thiazole rings is 1. The summed E-state index contributed by atoms with van der Waals surface area (Å²) in [5.74, 6) is 0.244. The maximum atomic E-state index is 12.3. The van der Waals surface area contributed by atoms with E-state index in [1.54, 1.807) is 31.2 Å². The van der Waals surface area contributed by atoms with Gasteiger partial charge in [-0.2, -0.15) is 5.26 Å². The highest BCUT2D eigenvalue weighted by Gasteiger charge is 2.21. The molecule has 1 aliphatic heterocycles. The monoisotopic (exact) mass is 342 g/mol. The van der Waals surface area contributed by atoms with E-state index in [4.69, 9.17) is 10.00 Å². The Morgan fingerprint density at radius 2 is 2.38 bits per heavy atom. The molecule has 0 radical (unpaired) electrons. The lowest BCUT2D eigenvalue weighted by atomic mass is 10.2. The van der Waals surface area contributed by atoms with Crippen molar-refractivity contribution in [2.24, 2.45) is 0 Å². The van der Waals surface area contributed by atoms with Crippen LogP contribution in [0.1, 0.15) is 23.1 Å². The lowest BCUT2D eigenvalue weighted by molar-refractivity contribution is -0.122. The zero-order valence-electron chi connectivity index (χ0n) is 13.6. The first-order valence-corrected chi connectivity index (χ1v) is 8.51. The second-order valence-corrected chi connectivity index (χ2v) is 6.85. The van der Waals surface area contributed by atoms with Crippen molar-refractivity contribution in [3.8, 4) is 11.8 Å². The molecule has 1 atom stereocenters. The van der Waals surface area contributed by atoms with E-state index in [0.717, 1.165) is 25.2 Å². The van der Waals surface area contributed by atoms with E-state index in [-0.39, 0.29) is 5.91 Å². The van der Waals surface area contributed by atoms with Gasteiger partial charge in [0.1, 0.15) is 5.75 Å². The zero-order valence-corrected chi connectivity index (χ0v) is 14.4. The molecule has 0 saturated carbocycles. The molecule has 1 unspecified atom stereocenters. The van der Waals surface area contributed by atoms with Gasteiger partial charge in [-0.1, -0.05) is 6.07 Å². The molecule has 3 rings (SSSR count). The summed E-state index contributed by atoms with van der Waals surface area (Å²) >= 11 is 1.51. The van der Waals surface area contributed by atoms with Crippen LogP contribution in [0, 0.1) is 11.3 Å². The first-order valence-electron chi connectivity index (χ1n) is 7.70. The summed E-state index contributed by atoms with van der Waals surface area (Å²) < 4.78 is 5.62. The van der Waals surface area contributed by atoms with Gasteiger partial charge in [0.05, 0.1) is 17.3 Å². The third-order valence-electron chi connectivity index (χ3n) is 3.80. The molecule has 24 heavy (non-hydrogen) atoms. The lowest BCUT2D eigenvalue weighted by Gasteiger charge is -2.20. The molecular weight excluding hydrogens is 324 g/mol. The number of carbonyl (C=O) groups excluding carboxylic acids is 1. The van der Waals surface area contributed by atoms with E-state index in [2.05, 4.69) is 22.2 Å². The molecule has 1 aromatic carbocycles. The summed E-state index contributed by atoms with van der Waals surface area (Å²) in [7, 11) is 2.08. The first-order chi connectivity index (χ1) is 11.5. The molecule has 2 aromatic rings. The van der Waals surface area contributed by atoms with E-state index in [0.29, 0.717) is 16.4 Å². The van der Waals surface area contributed by atoms with Gasteiger partial charge in [0.25, 0.3) is 5.91 Å². The van der Waals surface area contributed by atoms with Crippen LogP contribution >= 0.6 is 11.3 Å². The molecule has 2 heterocycles. The number of hydrogen-bond acceptors (Lipinski definition) is 6. The Bertz CT molecular complexity index is 796. The quantitative estimate of drug-likeness (QED) is 0.923. The number of nitriles is 1. The average molecular weight is 342 g/mol. The van der Waals surface area contributed by atoms with Gasteiger partial charge in [-0.05, 0) is 32.2 Å². The number of anilines is 1. The molecule has 7 heteroatoms. The highest BCUT2D eigenvalue weighted by Crippen LogP contribution is 2.27. The summed E-state index contributed by atoms with van der Waals surface area (Å²) in [5, 5.41) is 12.3. The van der Waals surface area contributed by atoms with E-state index in [1.165, 1.54) is 16.2 Å². The smallest absolute Gasteiger partial charge is 0.266 e. The topological polar surface area (TPSA) is 78.2 Å². The van der Waals surface area contributed by atoms with Crippen LogP contribution in [0.3, 0.4) is 0 Å². The standard InChI is InChI=1S/C17H18N4O2S/c1-11(23-13-5-3-4-12(8-13)9-18)16(22)20-17-19-14-6-7-21(2)10-15(14)24-17/h3-5,8,11H,6-7,10H2,1-2H3,(H,19,20,22). The molecule has 0 fully saturated rings. The number of fused-ring (bicyclic) bond motifs is 1. The Morgan fingerprint density at radius 3 is 3.17 bits per heavy atom. The van der Waals surface area contributed by atoms with E-state index < -0.39 is 6.10 Å². The molecule has 0 saturated heterocycles. The van der Waals surface area contributed by atoms with Crippen molar-refractivity contribution in [3.63, 3.8) is 0 Å². The van der Waals surface area contributed by atoms with Crippen LogP contribution in [0.15, 0.2) is 24.3 Å². The van der Waals surface area contributed by atoms with Gasteiger partial charge in [-0.25, -0.2) is 4.98 Å². The second kappa shape index (κ2) is 6.99. The highest BCUT2D eigenvalue weighted by molar-refractivity contribution is 7.15. The fourth-order valence-electron chi connectivity index (χ4n) is 2.48. The summed E-state index contributed by atoms with van der Waals surface area (Å²) in [6.45, 7) is 3.53. The summed E-state index contributed by atoms with van der Waals surface area (Å²) in [4.78, 5) is 20.2. The first kappa shape index (κ1) is 16.4. The number of carbonyl (C=O) groups is 1. The number of aromatic nitrogens is 1. The SMILES string of the molecule is CC(Oc1cccc(C#N)c1)C(=O)Nc1nc2c(s1)CN(C)CC2. The van der Waals surface area contributed by atoms with Crippen LogP contribution in [0.4, 0.5) is 5.13 Å². The van der Waals surface area contributed by atoms with Gasteiger partial charge in [0.15, 0.2) is 11.2 Å². The summed E-state index contributed by atoms with van der Waals surface area (Å²) in [6.07, 6.45) is 0.230. The molecular formula is C17H18N4O2S. The van der Waals surface area contributed by atoms with E-state index in [1.807, 2.05) is 6.07 Å². The Hall–Kier alpha value is -2.43. The molecule has 6 nitrogen and oxygen atoms in total. The average Bonchev–Trinajstić information content (AvgIpc) is 2.96. The Balaban J connectivity index is 1.63. The van der Waals surface area contributed by atoms with Crippen LogP contribution in [-0.4, -0.2) is 35.5 Å². The normalized spacial score (nSPS) is 15.2. The zero-order chi connectivity index (χ0) is 17.1. The van der Waals surface area contributed by atoms with Gasteiger partial charge >= 0.3 is 0 Å². The number of hydrogen-bond donors (Lipinski definition) is 1. The molecule has 1 aromatic heterocycles. The molecule has 1 N–H and O–H groups in total. The van der Waals surface area contributed by atoms with Crippen LogP contribution in [-0.2, 0) is 17.8 Å². The molecule has 1 aliphatic rings. The number of ether oxygens (including phenoxy) is 1. The van der Waals surface area contributed by atoms with Crippen molar-refractivity contribution in [2.75, 3.05) is 18.9 Å². The summed E-state index contributed by atoms with van der Waals surface area (Å²) in [5.41, 5.74) is 1.57. The van der Waals surface area contributed by atoms with Crippen LogP contribution in [0.25, 0.3) is 0 Å². The molecule has 124 valence electrons. The minimum atomic E-state index is -0.678. The number of benzene rings is 1. The number of nitrogens with zero attached hydrogens (tertiary/aromatic N) is 3. The lowest BCUT2D eigenvalue weighted by Crippen LogP contribution is -2.30. The van der Waals surface area contributed by atoms with Crippen LogP contribution in [0.5, 0.6) is 5.75 Å². The third-order valence-corrected chi connectivity index (χ3v) is 4.80. The Labute approximate surface area is 144 Å². The highest BCUT2D eigenvalue weighted by atomic mass is 32.1. The van der Waals surface area contributed by atoms with Gasteiger partial charge in [0, 0.05) is 24.4 Å². The third kappa shape index (κ3) is 3.72. The van der Waals surface area contributed by atoms with Crippen molar-refractivity contribution in [1.29, 1.82) is 5.26 Å². The second-order valence-electron chi connectivity index (χ2n) is 5.77. The number of rotatable bonds is 4. The van der Waals surface area contributed by atoms with Crippen molar-refractivity contribution in [2.45, 2.75) is 26.0 Å². The van der Waals surface area contributed by atoms with Crippen molar-refractivity contribution in [3.05, 3.63) is 40.4 Å². The Kier molecular flexibility index (Phi) is 4.79. The van der Waals surface area contributed by atoms with Crippen molar-refractivity contribution < 1.29 is 9.53 Å².